The number of carbonyl (C=O) groups excluding carboxylic acids is 1. The Hall–Kier alpha value is -3.61. The molecular formula is C22H13F3O4. The van der Waals surface area contributed by atoms with Crippen LogP contribution in [0.25, 0.3) is 21.7 Å². The molecule has 146 valence electrons. The summed E-state index contributed by atoms with van der Waals surface area (Å²) in [6.07, 6.45) is -4.49. The maximum Gasteiger partial charge on any atom is 0.416 e. The molecule has 0 aliphatic rings. The van der Waals surface area contributed by atoms with Crippen molar-refractivity contribution in [3.63, 3.8) is 0 Å². The van der Waals surface area contributed by atoms with Gasteiger partial charge in [0.2, 0.25) is 0 Å². The molecule has 0 atom stereocenters. The first-order valence-electron chi connectivity index (χ1n) is 8.62. The van der Waals surface area contributed by atoms with E-state index in [-0.39, 0.29) is 12.2 Å². The van der Waals surface area contributed by atoms with Crippen LogP contribution in [0.1, 0.15) is 21.5 Å². The van der Waals surface area contributed by atoms with Gasteiger partial charge in [-0.25, -0.2) is 9.59 Å². The van der Waals surface area contributed by atoms with E-state index in [1.54, 1.807) is 6.07 Å². The topological polar surface area (TPSA) is 56.5 Å². The molecule has 0 amide bonds. The first-order valence-corrected chi connectivity index (χ1v) is 8.62. The second-order valence-corrected chi connectivity index (χ2v) is 6.40. The maximum absolute atomic E-state index is 12.6. The molecule has 1 aromatic heterocycles. The molecule has 0 radical (unpaired) electrons. The largest absolute Gasteiger partial charge is 0.457 e. The van der Waals surface area contributed by atoms with Gasteiger partial charge in [-0.15, -0.1) is 0 Å². The molecule has 3 aromatic carbocycles. The Bertz CT molecular complexity index is 1270. The van der Waals surface area contributed by atoms with Gasteiger partial charge in [0.1, 0.15) is 12.2 Å². The molecule has 0 saturated heterocycles. The fourth-order valence-corrected chi connectivity index (χ4v) is 3.16. The molecule has 0 N–H and O–H groups in total. The number of hydrogen-bond donors (Lipinski definition) is 0. The monoisotopic (exact) mass is 398 g/mol. The summed E-state index contributed by atoms with van der Waals surface area (Å²) in [4.78, 5) is 24.1. The molecule has 7 heteroatoms. The van der Waals surface area contributed by atoms with Crippen molar-refractivity contribution in [1.29, 1.82) is 0 Å². The maximum atomic E-state index is 12.6. The second kappa shape index (κ2) is 7.09. The molecule has 0 spiro atoms. The minimum absolute atomic E-state index is 0.0184. The van der Waals surface area contributed by atoms with E-state index in [1.807, 2.05) is 30.3 Å². The van der Waals surface area contributed by atoms with E-state index in [2.05, 4.69) is 0 Å². The Morgan fingerprint density at radius 2 is 1.69 bits per heavy atom. The van der Waals surface area contributed by atoms with Crippen molar-refractivity contribution in [2.24, 2.45) is 0 Å². The van der Waals surface area contributed by atoms with Crippen LogP contribution < -0.4 is 5.63 Å². The third-order valence-corrected chi connectivity index (χ3v) is 4.52. The summed E-state index contributed by atoms with van der Waals surface area (Å²) in [5, 5.41) is 2.39. The predicted octanol–water partition coefficient (Wildman–Crippen LogP) is 5.32. The normalized spacial score (nSPS) is 11.7. The predicted molar refractivity (Wildman–Crippen MR) is 101 cm³/mol. The van der Waals surface area contributed by atoms with E-state index in [0.717, 1.165) is 35.0 Å². The molecule has 0 saturated carbocycles. The molecule has 0 aliphatic heterocycles. The summed E-state index contributed by atoms with van der Waals surface area (Å²) in [5.74, 6) is -0.791. The van der Waals surface area contributed by atoms with E-state index >= 15 is 0 Å². The molecule has 4 rings (SSSR count). The second-order valence-electron chi connectivity index (χ2n) is 6.40. The van der Waals surface area contributed by atoms with Crippen LogP contribution in [-0.4, -0.2) is 5.97 Å². The number of hydrogen-bond acceptors (Lipinski definition) is 4. The van der Waals surface area contributed by atoms with Gasteiger partial charge in [0, 0.05) is 17.0 Å². The highest BCUT2D eigenvalue weighted by Gasteiger charge is 2.30. The molecular weight excluding hydrogens is 385 g/mol. The molecule has 0 unspecified atom stereocenters. The van der Waals surface area contributed by atoms with Crippen LogP contribution in [0.2, 0.25) is 0 Å². The van der Waals surface area contributed by atoms with Crippen molar-refractivity contribution in [2.75, 3.05) is 0 Å². The van der Waals surface area contributed by atoms with Crippen molar-refractivity contribution in [3.8, 4) is 0 Å². The lowest BCUT2D eigenvalue weighted by molar-refractivity contribution is -0.137. The summed E-state index contributed by atoms with van der Waals surface area (Å²) >= 11 is 0. The molecule has 4 nitrogen and oxygen atoms in total. The van der Waals surface area contributed by atoms with Crippen molar-refractivity contribution in [3.05, 3.63) is 93.8 Å². The van der Waals surface area contributed by atoms with Gasteiger partial charge in [-0.05, 0) is 41.1 Å². The number of carbonyl (C=O) groups is 1. The van der Waals surface area contributed by atoms with Crippen LogP contribution in [0.3, 0.4) is 0 Å². The van der Waals surface area contributed by atoms with Crippen LogP contribution in [-0.2, 0) is 17.5 Å². The molecule has 0 fully saturated rings. The van der Waals surface area contributed by atoms with Crippen LogP contribution in [0.15, 0.2) is 75.9 Å². The van der Waals surface area contributed by atoms with E-state index in [1.165, 1.54) is 6.07 Å². The number of esters is 1. The Morgan fingerprint density at radius 1 is 0.966 bits per heavy atom. The fourth-order valence-electron chi connectivity index (χ4n) is 3.16. The van der Waals surface area contributed by atoms with Gasteiger partial charge in [-0.3, -0.25) is 0 Å². The standard InChI is InChI=1S/C22H13F3O4/c23-22(24,25)16-8-5-14(6-9-16)21(27)28-12-15-11-19(26)29-18-10-7-13-3-1-2-4-17(13)20(15)18/h1-11H,12H2. The zero-order valence-electron chi connectivity index (χ0n) is 14.8. The summed E-state index contributed by atoms with van der Waals surface area (Å²) in [6.45, 7) is -0.226. The molecule has 4 aromatic rings. The molecule has 0 aliphatic carbocycles. The molecule has 1 heterocycles. The lowest BCUT2D eigenvalue weighted by Crippen LogP contribution is -2.09. The van der Waals surface area contributed by atoms with Crippen LogP contribution in [0, 0.1) is 0 Å². The third-order valence-electron chi connectivity index (χ3n) is 4.52. The van der Waals surface area contributed by atoms with Gasteiger partial charge in [0.25, 0.3) is 0 Å². The Morgan fingerprint density at radius 3 is 2.41 bits per heavy atom. The van der Waals surface area contributed by atoms with Crippen molar-refractivity contribution < 1.29 is 27.1 Å². The molecule has 29 heavy (non-hydrogen) atoms. The Labute approximate surface area is 162 Å². The van der Waals surface area contributed by atoms with Gasteiger partial charge in [-0.2, -0.15) is 13.2 Å². The van der Waals surface area contributed by atoms with Crippen molar-refractivity contribution >= 4 is 27.7 Å². The number of fused-ring (bicyclic) bond motifs is 3. The minimum atomic E-state index is -4.49. The van der Waals surface area contributed by atoms with Gasteiger partial charge in [0.15, 0.2) is 0 Å². The number of alkyl halides is 3. The van der Waals surface area contributed by atoms with Gasteiger partial charge in [0.05, 0.1) is 11.1 Å². The summed E-state index contributed by atoms with van der Waals surface area (Å²) in [7, 11) is 0. The van der Waals surface area contributed by atoms with Gasteiger partial charge >= 0.3 is 17.8 Å². The first kappa shape index (κ1) is 18.7. The first-order chi connectivity index (χ1) is 13.8. The van der Waals surface area contributed by atoms with Crippen LogP contribution in [0.4, 0.5) is 13.2 Å². The minimum Gasteiger partial charge on any atom is -0.457 e. The van der Waals surface area contributed by atoms with Crippen LogP contribution in [0.5, 0.6) is 0 Å². The van der Waals surface area contributed by atoms with Crippen molar-refractivity contribution in [2.45, 2.75) is 12.8 Å². The average molecular weight is 398 g/mol. The number of rotatable bonds is 3. The average Bonchev–Trinajstić information content (AvgIpc) is 2.70. The zero-order chi connectivity index (χ0) is 20.6. The number of ether oxygens (including phenoxy) is 1. The van der Waals surface area contributed by atoms with Gasteiger partial charge in [-0.1, -0.05) is 30.3 Å². The number of halogens is 3. The summed E-state index contributed by atoms with van der Waals surface area (Å²) < 4.78 is 48.4. The van der Waals surface area contributed by atoms with Gasteiger partial charge < -0.3 is 9.15 Å². The molecule has 0 bridgehead atoms. The lowest BCUT2D eigenvalue weighted by atomic mass is 10.0. The van der Waals surface area contributed by atoms with E-state index < -0.39 is 23.3 Å². The highest BCUT2D eigenvalue weighted by atomic mass is 19.4. The van der Waals surface area contributed by atoms with Crippen LogP contribution >= 0.6 is 0 Å². The summed E-state index contributed by atoms with van der Waals surface area (Å²) in [6, 6.07) is 15.9. The fraction of sp³-hybridized carbons (Fsp3) is 0.0909. The number of benzene rings is 3. The lowest BCUT2D eigenvalue weighted by Gasteiger charge is -2.10. The van der Waals surface area contributed by atoms with E-state index in [0.29, 0.717) is 16.5 Å². The zero-order valence-corrected chi connectivity index (χ0v) is 14.8. The Balaban J connectivity index is 1.65. The van der Waals surface area contributed by atoms with E-state index in [4.69, 9.17) is 9.15 Å². The highest BCUT2D eigenvalue weighted by molar-refractivity contribution is 6.07. The van der Waals surface area contributed by atoms with Crippen molar-refractivity contribution in [1.82, 2.24) is 0 Å². The Kier molecular flexibility index (Phi) is 4.58. The SMILES string of the molecule is O=C(OCc1cc(=O)oc2ccc3ccccc3c12)c1ccc(C(F)(F)F)cc1. The van der Waals surface area contributed by atoms with E-state index in [9.17, 15) is 22.8 Å². The third kappa shape index (κ3) is 3.71. The quantitative estimate of drug-likeness (QED) is 0.266. The highest BCUT2D eigenvalue weighted by Crippen LogP contribution is 2.30. The smallest absolute Gasteiger partial charge is 0.416 e. The summed E-state index contributed by atoms with van der Waals surface area (Å²) in [5.41, 5.74) is -0.652.